The maximum atomic E-state index is 13.6. The summed E-state index contributed by atoms with van der Waals surface area (Å²) in [7, 11) is 0. The van der Waals surface area contributed by atoms with E-state index < -0.39 is 36.6 Å². The van der Waals surface area contributed by atoms with Crippen LogP contribution in [0.5, 0.6) is 17.5 Å². The van der Waals surface area contributed by atoms with Crippen LogP contribution >= 0.6 is 0 Å². The van der Waals surface area contributed by atoms with E-state index in [0.717, 1.165) is 36.0 Å². The molecule has 2 aliphatic rings. The van der Waals surface area contributed by atoms with Gasteiger partial charge >= 0.3 is 12.2 Å². The highest BCUT2D eigenvalue weighted by atomic mass is 19.4. The molecule has 3 heterocycles. The van der Waals surface area contributed by atoms with E-state index in [1.807, 2.05) is 55.5 Å². The number of fused-ring (bicyclic) bond motifs is 10. The molecule has 0 saturated heterocycles. The topological polar surface area (TPSA) is 163 Å². The van der Waals surface area contributed by atoms with Gasteiger partial charge in [-0.25, -0.2) is 0 Å². The largest absolute Gasteiger partial charge is 0.494 e. The Morgan fingerprint density at radius 3 is 2.38 bits per heavy atom. The number of primary amides is 1. The number of amides is 2. The van der Waals surface area contributed by atoms with Crippen molar-refractivity contribution in [3.05, 3.63) is 89.0 Å². The molecule has 3 aromatic carbocycles. The Bertz CT molecular complexity index is 1770. The minimum atomic E-state index is -4.62. The number of halogens is 3. The van der Waals surface area contributed by atoms with E-state index in [9.17, 15) is 22.8 Å². The highest BCUT2D eigenvalue weighted by Crippen LogP contribution is 2.27. The van der Waals surface area contributed by atoms with Crippen molar-refractivity contribution in [2.75, 3.05) is 30.5 Å². The van der Waals surface area contributed by atoms with Gasteiger partial charge in [0.15, 0.2) is 6.61 Å². The molecule has 4 aromatic rings. The highest BCUT2D eigenvalue weighted by molar-refractivity contribution is 6.00. The van der Waals surface area contributed by atoms with E-state index in [4.69, 9.17) is 19.9 Å². The number of ether oxygens (including phenoxy) is 3. The lowest BCUT2D eigenvalue weighted by molar-refractivity contribution is -0.154. The molecular weight excluding hydrogens is 655 g/mol. The molecule has 0 saturated carbocycles. The van der Waals surface area contributed by atoms with Crippen LogP contribution in [0.3, 0.4) is 0 Å². The standard InChI is InChI=1S/C35H38F3N7O5/c1-22-8-4-5-9-24(22)18-28(30(39)46)42-31(47)27-15-12-25-19-29(27)49-17-7-3-2-6-16-48-26-13-10-23(11-14-26)20-40-32-43-33(41-25)45-34(44-32)50-21-35(36,37)38/h4-5,8-15,19,28H,2-3,6-7,16-18,20-21H2,1H3,(H2,39,46)(H,42,47)(H2,40,41,43,44,45). The van der Waals surface area contributed by atoms with Gasteiger partial charge in [-0.1, -0.05) is 36.4 Å². The van der Waals surface area contributed by atoms with Crippen molar-refractivity contribution in [1.29, 1.82) is 0 Å². The fourth-order valence-electron chi connectivity index (χ4n) is 5.07. The van der Waals surface area contributed by atoms with Crippen molar-refractivity contribution >= 4 is 29.4 Å². The predicted molar refractivity (Wildman–Crippen MR) is 180 cm³/mol. The average molecular weight is 694 g/mol. The molecule has 2 aliphatic heterocycles. The van der Waals surface area contributed by atoms with E-state index in [1.165, 1.54) is 6.07 Å². The molecule has 0 fully saturated rings. The van der Waals surface area contributed by atoms with Crippen LogP contribution in [0, 0.1) is 6.92 Å². The molecule has 0 spiro atoms. The van der Waals surface area contributed by atoms with E-state index in [2.05, 4.69) is 30.9 Å². The van der Waals surface area contributed by atoms with Crippen molar-refractivity contribution < 1.29 is 37.0 Å². The fourth-order valence-corrected chi connectivity index (χ4v) is 5.07. The molecule has 1 atom stereocenters. The summed E-state index contributed by atoms with van der Waals surface area (Å²) in [4.78, 5) is 38.3. The van der Waals surface area contributed by atoms with E-state index >= 15 is 0 Å². The Balaban J connectivity index is 1.42. The summed E-state index contributed by atoms with van der Waals surface area (Å²) in [5.41, 5.74) is 8.85. The molecule has 15 heteroatoms. The van der Waals surface area contributed by atoms with Gasteiger partial charge in [0.1, 0.15) is 17.5 Å². The Labute approximate surface area is 287 Å². The molecule has 1 unspecified atom stereocenters. The minimum Gasteiger partial charge on any atom is -0.494 e. The molecular formula is C35H38F3N7O5. The van der Waals surface area contributed by atoms with Crippen LogP contribution in [0.2, 0.25) is 0 Å². The number of nitrogens with one attached hydrogen (secondary N) is 3. The first-order chi connectivity index (χ1) is 24.0. The number of carbonyl (C=O) groups excluding carboxylic acids is 2. The van der Waals surface area contributed by atoms with Crippen LogP contribution in [0.15, 0.2) is 66.7 Å². The van der Waals surface area contributed by atoms with Gasteiger partial charge < -0.3 is 35.9 Å². The van der Waals surface area contributed by atoms with Crippen LogP contribution < -0.4 is 35.9 Å². The third kappa shape index (κ3) is 10.7. The molecule has 50 heavy (non-hydrogen) atoms. The average Bonchev–Trinajstić information content (AvgIpc) is 3.08. The van der Waals surface area contributed by atoms with E-state index in [1.54, 1.807) is 12.1 Å². The summed E-state index contributed by atoms with van der Waals surface area (Å²) in [5.74, 6) is -0.522. The number of nitrogens with two attached hydrogens (primary N) is 1. The Kier molecular flexibility index (Phi) is 11.9. The van der Waals surface area contributed by atoms with Gasteiger partial charge in [0.2, 0.25) is 17.8 Å². The number of nitrogens with zero attached hydrogens (tertiary/aromatic N) is 3. The number of anilines is 3. The van der Waals surface area contributed by atoms with Crippen LogP contribution in [0.25, 0.3) is 0 Å². The van der Waals surface area contributed by atoms with Crippen LogP contribution in [0.4, 0.5) is 30.8 Å². The van der Waals surface area contributed by atoms with Gasteiger partial charge in [0.25, 0.3) is 5.91 Å². The normalized spacial score (nSPS) is 14.4. The van der Waals surface area contributed by atoms with Gasteiger partial charge in [0.05, 0.1) is 18.8 Å². The lowest BCUT2D eigenvalue weighted by Gasteiger charge is -2.19. The highest BCUT2D eigenvalue weighted by Gasteiger charge is 2.29. The van der Waals surface area contributed by atoms with Gasteiger partial charge in [-0.15, -0.1) is 0 Å². The zero-order valence-electron chi connectivity index (χ0n) is 27.4. The number of hydrogen-bond donors (Lipinski definition) is 4. The second kappa shape index (κ2) is 16.7. The number of rotatable bonds is 7. The van der Waals surface area contributed by atoms with E-state index in [-0.39, 0.29) is 42.8 Å². The zero-order chi connectivity index (χ0) is 35.5. The monoisotopic (exact) mass is 693 g/mol. The molecule has 2 amide bonds. The molecule has 5 N–H and O–H groups in total. The summed E-state index contributed by atoms with van der Waals surface area (Å²) in [6.07, 6.45) is -1.14. The first-order valence-electron chi connectivity index (χ1n) is 16.1. The number of alkyl halides is 3. The quantitative estimate of drug-likeness (QED) is 0.191. The van der Waals surface area contributed by atoms with Crippen molar-refractivity contribution in [2.24, 2.45) is 5.73 Å². The second-order valence-corrected chi connectivity index (χ2v) is 11.7. The molecule has 0 radical (unpaired) electrons. The van der Waals surface area contributed by atoms with Crippen molar-refractivity contribution in [2.45, 2.75) is 57.8 Å². The maximum Gasteiger partial charge on any atom is 0.422 e. The Morgan fingerprint density at radius 2 is 1.66 bits per heavy atom. The number of benzene rings is 3. The number of aromatic nitrogens is 3. The molecule has 6 bridgehead atoms. The van der Waals surface area contributed by atoms with Gasteiger partial charge in [-0.3, -0.25) is 9.59 Å². The van der Waals surface area contributed by atoms with Gasteiger partial charge in [0, 0.05) is 24.7 Å². The maximum absolute atomic E-state index is 13.6. The zero-order valence-corrected chi connectivity index (χ0v) is 27.4. The summed E-state index contributed by atoms with van der Waals surface area (Å²) >= 11 is 0. The van der Waals surface area contributed by atoms with Crippen LogP contribution in [-0.4, -0.2) is 58.8 Å². The third-order valence-corrected chi connectivity index (χ3v) is 7.74. The van der Waals surface area contributed by atoms with E-state index in [0.29, 0.717) is 24.5 Å². The summed E-state index contributed by atoms with van der Waals surface area (Å²) in [6, 6.07) is 17.9. The van der Waals surface area contributed by atoms with Crippen LogP contribution in [0.1, 0.15) is 52.7 Å². The lowest BCUT2D eigenvalue weighted by atomic mass is 10.0. The SMILES string of the molecule is Cc1ccccc1CC(NC(=O)c1ccc2cc1OCCCCCCOc1ccc(cc1)CNc1nc(nc(OCC(F)(F)F)n1)N2)C(N)=O. The van der Waals surface area contributed by atoms with Crippen molar-refractivity contribution in [3.63, 3.8) is 0 Å². The van der Waals surface area contributed by atoms with Gasteiger partial charge in [-0.2, -0.15) is 28.1 Å². The number of hydrogen-bond acceptors (Lipinski definition) is 10. The smallest absolute Gasteiger partial charge is 0.422 e. The Hall–Kier alpha value is -5.60. The second-order valence-electron chi connectivity index (χ2n) is 11.7. The van der Waals surface area contributed by atoms with Crippen LogP contribution in [-0.2, 0) is 17.8 Å². The third-order valence-electron chi connectivity index (χ3n) is 7.74. The number of carbonyl (C=O) groups is 2. The van der Waals surface area contributed by atoms with Crippen molar-refractivity contribution in [1.82, 2.24) is 20.3 Å². The van der Waals surface area contributed by atoms with Crippen molar-refractivity contribution in [3.8, 4) is 17.5 Å². The summed E-state index contributed by atoms with van der Waals surface area (Å²) in [5, 5.41) is 8.67. The molecule has 264 valence electrons. The lowest BCUT2D eigenvalue weighted by Crippen LogP contribution is -2.46. The molecule has 6 rings (SSSR count). The predicted octanol–water partition coefficient (Wildman–Crippen LogP) is 5.63. The fraction of sp³-hybridized carbons (Fsp3) is 0.343. The molecule has 1 aromatic heterocycles. The number of aryl methyl sites for hydroxylation is 1. The summed E-state index contributed by atoms with van der Waals surface area (Å²) in [6.45, 7) is 1.37. The van der Waals surface area contributed by atoms with Gasteiger partial charge in [-0.05, 0) is 73.6 Å². The summed E-state index contributed by atoms with van der Waals surface area (Å²) < 4.78 is 55.7. The molecule has 0 aliphatic carbocycles. The minimum absolute atomic E-state index is 0.0375. The molecule has 12 nitrogen and oxygen atoms in total. The first-order valence-corrected chi connectivity index (χ1v) is 16.1. The Morgan fingerprint density at radius 1 is 0.940 bits per heavy atom. The first kappa shape index (κ1) is 35.7.